The van der Waals surface area contributed by atoms with E-state index in [2.05, 4.69) is 26.1 Å². The minimum Gasteiger partial charge on any atom is -0.452 e. The highest BCUT2D eigenvalue weighted by atomic mass is 79.9. The molecule has 0 unspecified atom stereocenters. The van der Waals surface area contributed by atoms with Crippen LogP contribution >= 0.6 is 27.3 Å². The third kappa shape index (κ3) is 4.37. The van der Waals surface area contributed by atoms with Crippen LogP contribution in [0.15, 0.2) is 56.2 Å². The molecule has 0 spiro atoms. The first-order valence-corrected chi connectivity index (χ1v) is 8.40. The van der Waals surface area contributed by atoms with Gasteiger partial charge in [0.1, 0.15) is 0 Å². The molecule has 3 aromatic rings. The van der Waals surface area contributed by atoms with Crippen molar-refractivity contribution in [2.24, 2.45) is 0 Å². The summed E-state index contributed by atoms with van der Waals surface area (Å²) in [4.78, 5) is 15.8. The lowest BCUT2D eigenvalue weighted by atomic mass is 10.2. The van der Waals surface area contributed by atoms with Gasteiger partial charge in [0.2, 0.25) is 5.82 Å². The number of carbonyl (C=O) groups is 1. The zero-order chi connectivity index (χ0) is 16.1. The smallest absolute Gasteiger partial charge is 0.331 e. The van der Waals surface area contributed by atoms with Crippen LogP contribution in [-0.4, -0.2) is 16.1 Å². The van der Waals surface area contributed by atoms with E-state index in [1.807, 2.05) is 41.1 Å². The Hall–Kier alpha value is -2.25. The minimum atomic E-state index is -0.460. The van der Waals surface area contributed by atoms with Crippen molar-refractivity contribution in [1.82, 2.24) is 10.1 Å². The van der Waals surface area contributed by atoms with Crippen LogP contribution < -0.4 is 0 Å². The molecule has 7 heteroatoms. The molecule has 0 saturated heterocycles. The molecule has 2 aromatic heterocycles. The van der Waals surface area contributed by atoms with Gasteiger partial charge in [-0.15, -0.1) is 0 Å². The second-order valence-electron chi connectivity index (χ2n) is 4.52. The van der Waals surface area contributed by atoms with Crippen molar-refractivity contribution < 1.29 is 14.1 Å². The monoisotopic (exact) mass is 390 g/mol. The van der Waals surface area contributed by atoms with Crippen LogP contribution in [0.5, 0.6) is 0 Å². The van der Waals surface area contributed by atoms with E-state index in [9.17, 15) is 4.79 Å². The van der Waals surface area contributed by atoms with Gasteiger partial charge in [0.05, 0.1) is 0 Å². The van der Waals surface area contributed by atoms with Gasteiger partial charge in [-0.25, -0.2) is 4.79 Å². The number of nitrogens with zero attached hydrogens (tertiary/aromatic N) is 2. The fourth-order valence-electron chi connectivity index (χ4n) is 1.77. The molecule has 23 heavy (non-hydrogen) atoms. The number of carbonyl (C=O) groups excluding carboxylic acids is 1. The van der Waals surface area contributed by atoms with E-state index in [1.165, 1.54) is 6.08 Å². The molecule has 0 aliphatic rings. The topological polar surface area (TPSA) is 65.2 Å². The van der Waals surface area contributed by atoms with Crippen molar-refractivity contribution in [3.8, 4) is 11.4 Å². The quantitative estimate of drug-likeness (QED) is 0.479. The Morgan fingerprint density at radius 1 is 1.39 bits per heavy atom. The number of esters is 1. The van der Waals surface area contributed by atoms with Gasteiger partial charge in [-0.05, 0) is 40.6 Å². The number of thiophene rings is 1. The van der Waals surface area contributed by atoms with E-state index in [0.29, 0.717) is 5.82 Å². The second kappa shape index (κ2) is 7.34. The molecule has 116 valence electrons. The van der Waals surface area contributed by atoms with E-state index in [-0.39, 0.29) is 12.5 Å². The third-order valence-corrected chi connectivity index (χ3v) is 4.04. The first-order chi connectivity index (χ1) is 11.2. The van der Waals surface area contributed by atoms with E-state index >= 15 is 0 Å². The van der Waals surface area contributed by atoms with E-state index in [4.69, 9.17) is 9.26 Å². The lowest BCUT2D eigenvalue weighted by Gasteiger charge is -1.96. The van der Waals surface area contributed by atoms with Crippen LogP contribution in [0.1, 0.15) is 11.5 Å². The molecule has 0 radical (unpaired) electrons. The summed E-state index contributed by atoms with van der Waals surface area (Å²) in [6.45, 7) is -0.0617. The molecule has 0 fully saturated rings. The SMILES string of the molecule is O=C(/C=C/c1ccsc1)OCc1nc(-c2cccc(Br)c2)no1. The van der Waals surface area contributed by atoms with Gasteiger partial charge < -0.3 is 9.26 Å². The number of aromatic nitrogens is 2. The van der Waals surface area contributed by atoms with Crippen molar-refractivity contribution >= 4 is 39.3 Å². The van der Waals surface area contributed by atoms with Crippen LogP contribution in [0.2, 0.25) is 0 Å². The van der Waals surface area contributed by atoms with Gasteiger partial charge in [-0.3, -0.25) is 0 Å². The van der Waals surface area contributed by atoms with Gasteiger partial charge in [0.15, 0.2) is 6.61 Å². The van der Waals surface area contributed by atoms with Gasteiger partial charge >= 0.3 is 5.97 Å². The van der Waals surface area contributed by atoms with Crippen molar-refractivity contribution in [2.45, 2.75) is 6.61 Å². The van der Waals surface area contributed by atoms with Gasteiger partial charge in [0, 0.05) is 16.1 Å². The molecule has 3 rings (SSSR count). The first kappa shape index (κ1) is 15.6. The molecule has 0 aliphatic carbocycles. The first-order valence-electron chi connectivity index (χ1n) is 6.66. The molecule has 0 saturated carbocycles. The fourth-order valence-corrected chi connectivity index (χ4v) is 2.80. The number of ether oxygens (including phenoxy) is 1. The van der Waals surface area contributed by atoms with Crippen LogP contribution in [0.4, 0.5) is 0 Å². The molecule has 0 aliphatic heterocycles. The van der Waals surface area contributed by atoms with Crippen molar-refractivity contribution in [2.75, 3.05) is 0 Å². The van der Waals surface area contributed by atoms with E-state index < -0.39 is 5.97 Å². The average molecular weight is 391 g/mol. The highest BCUT2D eigenvalue weighted by Gasteiger charge is 2.10. The summed E-state index contributed by atoms with van der Waals surface area (Å²) < 4.78 is 11.1. The standard InChI is InChI=1S/C16H11BrN2O3S/c17-13-3-1-2-12(8-13)16-18-14(22-19-16)9-21-15(20)5-4-11-6-7-23-10-11/h1-8,10H,9H2/b5-4+. The molecule has 2 heterocycles. The van der Waals surface area contributed by atoms with Crippen LogP contribution in [-0.2, 0) is 16.1 Å². The van der Waals surface area contributed by atoms with Gasteiger partial charge in [0.25, 0.3) is 5.89 Å². The molecule has 0 N–H and O–H groups in total. The van der Waals surface area contributed by atoms with E-state index in [1.54, 1.807) is 17.4 Å². The number of hydrogen-bond donors (Lipinski definition) is 0. The zero-order valence-corrected chi connectivity index (χ0v) is 14.2. The maximum atomic E-state index is 11.6. The van der Waals surface area contributed by atoms with Crippen LogP contribution in [0.3, 0.4) is 0 Å². The second-order valence-corrected chi connectivity index (χ2v) is 6.22. The van der Waals surface area contributed by atoms with Crippen LogP contribution in [0, 0.1) is 0 Å². The molecule has 5 nitrogen and oxygen atoms in total. The maximum absolute atomic E-state index is 11.6. The number of halogens is 1. The minimum absolute atomic E-state index is 0.0617. The number of benzene rings is 1. The summed E-state index contributed by atoms with van der Waals surface area (Å²) in [5.74, 6) is 0.238. The Morgan fingerprint density at radius 3 is 3.09 bits per heavy atom. The summed E-state index contributed by atoms with van der Waals surface area (Å²) in [5.41, 5.74) is 1.78. The molecule has 0 bridgehead atoms. The Morgan fingerprint density at radius 2 is 2.30 bits per heavy atom. The molecular weight excluding hydrogens is 380 g/mol. The lowest BCUT2D eigenvalue weighted by molar-refractivity contribution is -0.139. The van der Waals surface area contributed by atoms with E-state index in [0.717, 1.165) is 15.6 Å². The number of rotatable bonds is 5. The summed E-state index contributed by atoms with van der Waals surface area (Å²) in [6.07, 6.45) is 3.06. The summed E-state index contributed by atoms with van der Waals surface area (Å²) in [7, 11) is 0. The van der Waals surface area contributed by atoms with Crippen molar-refractivity contribution in [1.29, 1.82) is 0 Å². The van der Waals surface area contributed by atoms with Crippen molar-refractivity contribution in [3.63, 3.8) is 0 Å². The zero-order valence-electron chi connectivity index (χ0n) is 11.8. The molecule has 0 atom stereocenters. The Labute approximate surface area is 144 Å². The summed E-state index contributed by atoms with van der Waals surface area (Å²) in [5, 5.41) is 7.75. The molecule has 1 aromatic carbocycles. The van der Waals surface area contributed by atoms with Gasteiger partial charge in [-0.1, -0.05) is 33.2 Å². The summed E-state index contributed by atoms with van der Waals surface area (Å²) >= 11 is 4.95. The van der Waals surface area contributed by atoms with Crippen molar-refractivity contribution in [3.05, 3.63) is 63.1 Å². The Kier molecular flexibility index (Phi) is 4.99. The largest absolute Gasteiger partial charge is 0.452 e. The van der Waals surface area contributed by atoms with Gasteiger partial charge in [-0.2, -0.15) is 16.3 Å². The van der Waals surface area contributed by atoms with Crippen LogP contribution in [0.25, 0.3) is 17.5 Å². The highest BCUT2D eigenvalue weighted by molar-refractivity contribution is 9.10. The predicted molar refractivity (Wildman–Crippen MR) is 90.6 cm³/mol. The lowest BCUT2D eigenvalue weighted by Crippen LogP contribution is -2.00. The molecular formula is C16H11BrN2O3S. The average Bonchev–Trinajstić information content (AvgIpc) is 3.22. The molecule has 0 amide bonds. The fraction of sp³-hybridized carbons (Fsp3) is 0.0625. The maximum Gasteiger partial charge on any atom is 0.331 e. The normalized spacial score (nSPS) is 11.0. The highest BCUT2D eigenvalue weighted by Crippen LogP contribution is 2.20. The summed E-state index contributed by atoms with van der Waals surface area (Å²) in [6, 6.07) is 9.45. The Bertz CT molecular complexity index is 827. The Balaban J connectivity index is 1.58. The predicted octanol–water partition coefficient (Wildman–Crippen LogP) is 4.32. The number of hydrogen-bond acceptors (Lipinski definition) is 6. The third-order valence-electron chi connectivity index (χ3n) is 2.84.